The SMILES string of the molecule is CCC1=C(c2c(C(C)(C)C)ccc3c2[cH-]c2cc(C(C)(C)C)ccc23)CC=C1.C[Si](C)=[Zr+2].[Cl-].[Cl-]. The minimum atomic E-state index is 0. The van der Waals surface area contributed by atoms with Gasteiger partial charge in [-0.05, 0) is 23.7 Å². The van der Waals surface area contributed by atoms with E-state index in [0.29, 0.717) is 0 Å². The molecule has 0 aliphatic heterocycles. The molecular formula is C30H39Cl2SiZr-. The van der Waals surface area contributed by atoms with E-state index in [4.69, 9.17) is 0 Å². The van der Waals surface area contributed by atoms with Crippen molar-refractivity contribution in [3.8, 4) is 0 Å². The van der Waals surface area contributed by atoms with E-state index in [-0.39, 0.29) is 41.1 Å². The van der Waals surface area contributed by atoms with Gasteiger partial charge in [-0.3, -0.25) is 0 Å². The molecule has 0 saturated heterocycles. The van der Waals surface area contributed by atoms with Crippen LogP contribution in [0.3, 0.4) is 0 Å². The number of fused-ring (bicyclic) bond motifs is 3. The first-order valence-electron chi connectivity index (χ1n) is 11.9. The van der Waals surface area contributed by atoms with Crippen LogP contribution in [-0.2, 0) is 34.2 Å². The van der Waals surface area contributed by atoms with E-state index in [1.165, 1.54) is 49.4 Å². The Bertz CT molecular complexity index is 1230. The van der Waals surface area contributed by atoms with E-state index in [2.05, 4.69) is 110 Å². The molecule has 182 valence electrons. The van der Waals surface area contributed by atoms with E-state index in [1.807, 2.05) is 0 Å². The van der Waals surface area contributed by atoms with E-state index < -0.39 is 0 Å². The molecule has 0 fully saturated rings. The van der Waals surface area contributed by atoms with E-state index in [1.54, 1.807) is 23.3 Å². The fourth-order valence-corrected chi connectivity index (χ4v) is 4.65. The Hall–Kier alpha value is -0.530. The molecule has 0 radical (unpaired) electrons. The average molecular weight is 590 g/mol. The van der Waals surface area contributed by atoms with Crippen molar-refractivity contribution < 1.29 is 48.1 Å². The first-order chi connectivity index (χ1) is 14.8. The van der Waals surface area contributed by atoms with Crippen LogP contribution in [-0.4, -0.2) is 5.43 Å². The zero-order valence-electron chi connectivity index (χ0n) is 22.3. The van der Waals surface area contributed by atoms with Crippen molar-refractivity contribution >= 4 is 32.6 Å². The fourth-order valence-electron chi connectivity index (χ4n) is 4.65. The smallest absolute Gasteiger partial charge is 1.00 e. The number of rotatable bonds is 2. The van der Waals surface area contributed by atoms with Crippen molar-refractivity contribution in [1.82, 2.24) is 0 Å². The van der Waals surface area contributed by atoms with Gasteiger partial charge in [0, 0.05) is 0 Å². The van der Waals surface area contributed by atoms with Crippen LogP contribution < -0.4 is 24.8 Å². The molecule has 0 bridgehead atoms. The molecule has 0 atom stereocenters. The Morgan fingerprint density at radius 1 is 0.912 bits per heavy atom. The summed E-state index contributed by atoms with van der Waals surface area (Å²) in [4.78, 5) is 0. The fraction of sp³-hybridized carbons (Fsp3) is 0.433. The summed E-state index contributed by atoms with van der Waals surface area (Å²) in [6.45, 7) is 20.8. The molecule has 4 rings (SSSR count). The summed E-state index contributed by atoms with van der Waals surface area (Å²) in [7, 11) is 0. The molecule has 0 amide bonds. The first kappa shape index (κ1) is 31.5. The van der Waals surface area contributed by atoms with Crippen molar-refractivity contribution in [2.24, 2.45) is 0 Å². The van der Waals surface area contributed by atoms with E-state index >= 15 is 0 Å². The van der Waals surface area contributed by atoms with Gasteiger partial charge in [0.15, 0.2) is 0 Å². The molecule has 4 heteroatoms. The standard InChI is InChI=1S/C28H33.C2H6Si.2ClH.Zr/c1-8-18-10-9-11-22(18)26-24-17-19-16-20(27(2,3)4)12-13-21(19)23(24)14-15-25(26)28(5,6)7;1-3-2;;;/h9-10,12-17H,8,11H2,1-7H3;1-2H3;2*1H;/q-1;;;;+2/p-2. The van der Waals surface area contributed by atoms with Crippen LogP contribution in [0.5, 0.6) is 0 Å². The molecule has 0 aromatic heterocycles. The van der Waals surface area contributed by atoms with E-state index in [9.17, 15) is 0 Å². The molecule has 0 nitrogen and oxygen atoms in total. The molecule has 1 aliphatic rings. The van der Waals surface area contributed by atoms with Crippen LogP contribution in [0, 0.1) is 0 Å². The van der Waals surface area contributed by atoms with Crippen molar-refractivity contribution in [2.75, 3.05) is 0 Å². The number of benzene rings is 2. The van der Waals surface area contributed by atoms with Gasteiger partial charge < -0.3 is 24.8 Å². The molecule has 3 aromatic carbocycles. The van der Waals surface area contributed by atoms with Crippen LogP contribution in [0.4, 0.5) is 0 Å². The summed E-state index contributed by atoms with van der Waals surface area (Å²) < 4.78 is 0. The van der Waals surface area contributed by atoms with Crippen LogP contribution >= 0.6 is 0 Å². The predicted molar refractivity (Wildman–Crippen MR) is 143 cm³/mol. The minimum absolute atomic E-state index is 0. The van der Waals surface area contributed by atoms with Crippen molar-refractivity contribution in [2.45, 2.75) is 85.2 Å². The molecule has 0 N–H and O–H groups in total. The summed E-state index contributed by atoms with van der Waals surface area (Å²) in [6.07, 6.45) is 6.82. The second-order valence-corrected chi connectivity index (χ2v) is 20.7. The Balaban J connectivity index is 0.000000895. The van der Waals surface area contributed by atoms with E-state index in [0.717, 1.165) is 12.8 Å². The second kappa shape index (κ2) is 12.1. The maximum absolute atomic E-state index is 2.45. The number of allylic oxidation sites excluding steroid dienone is 4. The molecule has 0 heterocycles. The Morgan fingerprint density at radius 2 is 1.50 bits per heavy atom. The number of halogens is 2. The third-order valence-corrected chi connectivity index (χ3v) is 6.27. The van der Waals surface area contributed by atoms with Gasteiger partial charge in [0.2, 0.25) is 0 Å². The first-order valence-corrected chi connectivity index (χ1v) is 18.1. The van der Waals surface area contributed by atoms with Gasteiger partial charge in [-0.1, -0.05) is 113 Å². The summed E-state index contributed by atoms with van der Waals surface area (Å²) in [6, 6.07) is 14.2. The molecule has 0 unspecified atom stereocenters. The average Bonchev–Trinajstić information content (AvgIpc) is 3.28. The Labute approximate surface area is 235 Å². The van der Waals surface area contributed by atoms with Gasteiger partial charge in [0.25, 0.3) is 0 Å². The van der Waals surface area contributed by atoms with Gasteiger partial charge in [0.1, 0.15) is 0 Å². The monoisotopic (exact) mass is 587 g/mol. The molecule has 34 heavy (non-hydrogen) atoms. The van der Waals surface area contributed by atoms with Crippen LogP contribution in [0.1, 0.15) is 78.0 Å². The topological polar surface area (TPSA) is 0 Å². The van der Waals surface area contributed by atoms with Crippen LogP contribution in [0.15, 0.2) is 54.1 Å². The Kier molecular flexibility index (Phi) is 11.2. The van der Waals surface area contributed by atoms with Gasteiger partial charge >= 0.3 is 41.9 Å². The molecule has 3 aromatic rings. The van der Waals surface area contributed by atoms with Crippen molar-refractivity contribution in [1.29, 1.82) is 0 Å². The summed E-state index contributed by atoms with van der Waals surface area (Å²) in [5.74, 6) is 0. The largest absolute Gasteiger partial charge is 1.00 e. The van der Waals surface area contributed by atoms with Crippen LogP contribution in [0.2, 0.25) is 13.1 Å². The van der Waals surface area contributed by atoms with Gasteiger partial charge in [-0.25, -0.2) is 0 Å². The third kappa shape index (κ3) is 6.82. The molecular weight excluding hydrogens is 551 g/mol. The zero-order chi connectivity index (χ0) is 23.8. The second-order valence-electron chi connectivity index (χ2n) is 11.4. The summed E-state index contributed by atoms with van der Waals surface area (Å²) in [5.41, 5.74) is 7.90. The van der Waals surface area contributed by atoms with Gasteiger partial charge in [0.05, 0.1) is 0 Å². The van der Waals surface area contributed by atoms with Crippen molar-refractivity contribution in [3.05, 3.63) is 70.8 Å². The summed E-state index contributed by atoms with van der Waals surface area (Å²) >= 11 is 1.74. The third-order valence-electron chi connectivity index (χ3n) is 6.27. The molecule has 1 aliphatic carbocycles. The molecule has 0 saturated carbocycles. The molecule has 0 spiro atoms. The maximum atomic E-state index is 2.45. The minimum Gasteiger partial charge on any atom is -1.00 e. The normalized spacial score (nSPS) is 13.5. The number of hydrogen-bond donors (Lipinski definition) is 0. The van der Waals surface area contributed by atoms with Gasteiger partial charge in [-0.15, -0.1) is 33.7 Å². The maximum Gasteiger partial charge on any atom is -1.00 e. The predicted octanol–water partition coefficient (Wildman–Crippen LogP) is 3.22. The Morgan fingerprint density at radius 3 is 2.03 bits per heavy atom. The van der Waals surface area contributed by atoms with Gasteiger partial charge in [-0.2, -0.15) is 0 Å². The zero-order valence-corrected chi connectivity index (χ0v) is 27.3. The van der Waals surface area contributed by atoms with Crippen LogP contribution in [0.25, 0.3) is 27.1 Å². The number of hydrogen-bond acceptors (Lipinski definition) is 0. The quantitative estimate of drug-likeness (QED) is 0.318. The van der Waals surface area contributed by atoms with Crippen molar-refractivity contribution in [3.63, 3.8) is 0 Å². The summed E-state index contributed by atoms with van der Waals surface area (Å²) in [5, 5.41) is 5.58.